The van der Waals surface area contributed by atoms with Crippen LogP contribution in [0.4, 0.5) is 5.69 Å². The highest BCUT2D eigenvalue weighted by atomic mass is 35.5. The summed E-state index contributed by atoms with van der Waals surface area (Å²) in [4.78, 5) is 16.3. The van der Waals surface area contributed by atoms with E-state index in [2.05, 4.69) is 41.3 Å². The molecular weight excluding hydrogens is 394 g/mol. The van der Waals surface area contributed by atoms with Crippen LogP contribution in [-0.4, -0.2) is 31.4 Å². The number of hydrogen-bond donors (Lipinski definition) is 1. The minimum absolute atomic E-state index is 0.0842. The Kier molecular flexibility index (Phi) is 6.05. The van der Waals surface area contributed by atoms with Gasteiger partial charge in [-0.15, -0.1) is 10.2 Å². The highest BCUT2D eigenvalue weighted by molar-refractivity contribution is 7.99. The van der Waals surface area contributed by atoms with E-state index in [0.29, 0.717) is 16.1 Å². The summed E-state index contributed by atoms with van der Waals surface area (Å²) in [5.74, 6) is 0.822. The molecule has 0 saturated carbocycles. The van der Waals surface area contributed by atoms with Crippen LogP contribution in [-0.2, 0) is 17.3 Å². The first-order valence-electron chi connectivity index (χ1n) is 8.78. The van der Waals surface area contributed by atoms with E-state index in [1.54, 1.807) is 12.3 Å². The summed E-state index contributed by atoms with van der Waals surface area (Å²) < 4.78 is 1.83. The number of pyridine rings is 1. The molecule has 1 aromatic carbocycles. The number of halogens is 1. The number of benzene rings is 1. The number of thioether (sulfide) groups is 1. The Balaban J connectivity index is 1.60. The lowest BCUT2D eigenvalue weighted by Gasteiger charge is -2.19. The van der Waals surface area contributed by atoms with Crippen molar-refractivity contribution in [1.29, 1.82) is 0 Å². The number of hydrogen-bond acceptors (Lipinski definition) is 5. The number of amides is 1. The molecule has 0 bridgehead atoms. The topological polar surface area (TPSA) is 72.7 Å². The number of aromatic nitrogens is 4. The Labute approximate surface area is 173 Å². The molecule has 1 N–H and O–H groups in total. The molecule has 0 aliphatic heterocycles. The smallest absolute Gasteiger partial charge is 0.234 e. The second kappa shape index (κ2) is 8.32. The summed E-state index contributed by atoms with van der Waals surface area (Å²) in [6, 6.07) is 11.5. The van der Waals surface area contributed by atoms with Crippen LogP contribution in [0.5, 0.6) is 0 Å². The number of carbonyl (C=O) groups is 1. The van der Waals surface area contributed by atoms with Gasteiger partial charge in [0.05, 0.1) is 5.75 Å². The molecule has 0 spiro atoms. The van der Waals surface area contributed by atoms with Crippen molar-refractivity contribution in [2.45, 2.75) is 31.3 Å². The van der Waals surface area contributed by atoms with Gasteiger partial charge in [-0.2, -0.15) is 0 Å². The molecule has 3 aromatic rings. The molecule has 28 heavy (non-hydrogen) atoms. The third kappa shape index (κ3) is 4.91. The lowest BCUT2D eigenvalue weighted by atomic mass is 9.87. The number of nitrogens with zero attached hydrogens (tertiary/aromatic N) is 4. The van der Waals surface area contributed by atoms with Crippen LogP contribution in [0, 0.1) is 0 Å². The molecular formula is C20H22ClN5OS. The van der Waals surface area contributed by atoms with E-state index in [9.17, 15) is 4.79 Å². The number of anilines is 1. The van der Waals surface area contributed by atoms with Crippen molar-refractivity contribution in [2.24, 2.45) is 7.05 Å². The Hall–Kier alpha value is -2.38. The van der Waals surface area contributed by atoms with Crippen LogP contribution in [0.25, 0.3) is 11.4 Å². The summed E-state index contributed by atoms with van der Waals surface area (Å²) >= 11 is 7.15. The lowest BCUT2D eigenvalue weighted by Crippen LogP contribution is -2.15. The summed E-state index contributed by atoms with van der Waals surface area (Å²) in [6.07, 6.45) is 1.65. The highest BCUT2D eigenvalue weighted by Gasteiger charge is 2.15. The molecule has 6 nitrogen and oxygen atoms in total. The van der Waals surface area contributed by atoms with E-state index in [0.717, 1.165) is 11.3 Å². The average molecular weight is 416 g/mol. The normalized spacial score (nSPS) is 11.5. The van der Waals surface area contributed by atoms with Gasteiger partial charge in [0.25, 0.3) is 0 Å². The van der Waals surface area contributed by atoms with E-state index in [1.165, 1.54) is 17.3 Å². The molecule has 0 fully saturated rings. The second-order valence-electron chi connectivity index (χ2n) is 7.40. The fourth-order valence-electron chi connectivity index (χ4n) is 2.58. The molecule has 0 aliphatic rings. The molecule has 0 atom stereocenters. The molecule has 146 valence electrons. The fourth-order valence-corrected chi connectivity index (χ4v) is 3.40. The molecule has 0 aliphatic carbocycles. The minimum atomic E-state index is -0.0915. The SMILES string of the molecule is Cn1c(SCC(=O)Nc2ccc(C(C)(C)C)cc2)nnc1-c1ccc(Cl)nc1. The van der Waals surface area contributed by atoms with Crippen LogP contribution in [0.2, 0.25) is 5.15 Å². The zero-order valence-electron chi connectivity index (χ0n) is 16.2. The van der Waals surface area contributed by atoms with Crippen molar-refractivity contribution in [3.8, 4) is 11.4 Å². The average Bonchev–Trinajstić information content (AvgIpc) is 3.01. The van der Waals surface area contributed by atoms with Crippen molar-refractivity contribution in [3.05, 3.63) is 53.3 Å². The maximum absolute atomic E-state index is 12.3. The van der Waals surface area contributed by atoms with Crippen molar-refractivity contribution in [2.75, 3.05) is 11.1 Å². The Morgan fingerprint density at radius 3 is 2.46 bits per heavy atom. The number of nitrogens with one attached hydrogen (secondary N) is 1. The Morgan fingerprint density at radius 1 is 1.14 bits per heavy atom. The van der Waals surface area contributed by atoms with Gasteiger partial charge in [-0.3, -0.25) is 4.79 Å². The number of carbonyl (C=O) groups excluding carboxylic acids is 1. The van der Waals surface area contributed by atoms with Crippen molar-refractivity contribution < 1.29 is 4.79 Å². The van der Waals surface area contributed by atoms with Crippen LogP contribution < -0.4 is 5.32 Å². The zero-order chi connectivity index (χ0) is 20.3. The van der Waals surface area contributed by atoms with Crippen molar-refractivity contribution >= 4 is 35.0 Å². The van der Waals surface area contributed by atoms with Crippen LogP contribution in [0.15, 0.2) is 47.8 Å². The third-order valence-corrected chi connectivity index (χ3v) is 5.43. The van der Waals surface area contributed by atoms with Gasteiger partial charge in [0, 0.05) is 24.5 Å². The maximum Gasteiger partial charge on any atom is 0.234 e. The third-order valence-electron chi connectivity index (χ3n) is 4.19. The van der Waals surface area contributed by atoms with Gasteiger partial charge >= 0.3 is 0 Å². The quantitative estimate of drug-likeness (QED) is 0.488. The fraction of sp³-hybridized carbons (Fsp3) is 0.300. The van der Waals surface area contributed by atoms with Crippen LogP contribution >= 0.6 is 23.4 Å². The van der Waals surface area contributed by atoms with Crippen molar-refractivity contribution in [3.63, 3.8) is 0 Å². The van der Waals surface area contributed by atoms with E-state index in [1.807, 2.05) is 41.9 Å². The van der Waals surface area contributed by atoms with E-state index in [4.69, 9.17) is 11.6 Å². The molecule has 0 saturated heterocycles. The number of rotatable bonds is 5. The predicted molar refractivity (Wildman–Crippen MR) is 114 cm³/mol. The first-order chi connectivity index (χ1) is 13.2. The van der Waals surface area contributed by atoms with Crippen molar-refractivity contribution in [1.82, 2.24) is 19.7 Å². The largest absolute Gasteiger partial charge is 0.325 e. The first-order valence-corrected chi connectivity index (χ1v) is 10.1. The molecule has 3 rings (SSSR count). The Morgan fingerprint density at radius 2 is 1.86 bits per heavy atom. The summed E-state index contributed by atoms with van der Waals surface area (Å²) in [5, 5.41) is 12.3. The van der Waals surface area contributed by atoms with Gasteiger partial charge in [-0.05, 0) is 35.2 Å². The molecule has 2 aromatic heterocycles. The van der Waals surface area contributed by atoms with Gasteiger partial charge in [0.15, 0.2) is 11.0 Å². The van der Waals surface area contributed by atoms with Crippen LogP contribution in [0.3, 0.4) is 0 Å². The first kappa shape index (κ1) is 20.4. The monoisotopic (exact) mass is 415 g/mol. The Bertz CT molecular complexity index is 962. The summed E-state index contributed by atoms with van der Waals surface area (Å²) in [6.45, 7) is 6.48. The van der Waals surface area contributed by atoms with Gasteiger partial charge in [-0.1, -0.05) is 56.3 Å². The molecule has 0 radical (unpaired) electrons. The van der Waals surface area contributed by atoms with Gasteiger partial charge < -0.3 is 9.88 Å². The van der Waals surface area contributed by atoms with Gasteiger partial charge in [-0.25, -0.2) is 4.98 Å². The summed E-state index contributed by atoms with van der Waals surface area (Å²) in [5.41, 5.74) is 2.91. The molecule has 1 amide bonds. The van der Waals surface area contributed by atoms with E-state index in [-0.39, 0.29) is 17.1 Å². The zero-order valence-corrected chi connectivity index (χ0v) is 17.8. The van der Waals surface area contributed by atoms with Gasteiger partial charge in [0.1, 0.15) is 5.15 Å². The summed E-state index contributed by atoms with van der Waals surface area (Å²) in [7, 11) is 1.86. The molecule has 0 unspecified atom stereocenters. The lowest BCUT2D eigenvalue weighted by molar-refractivity contribution is -0.113. The minimum Gasteiger partial charge on any atom is -0.325 e. The standard InChI is InChI=1S/C20H22ClN5OS/c1-20(2,3)14-6-8-15(9-7-14)23-17(27)12-28-19-25-24-18(26(19)4)13-5-10-16(21)22-11-13/h5-11H,12H2,1-4H3,(H,23,27). The van der Waals surface area contributed by atoms with Gasteiger partial charge in [0.2, 0.25) is 5.91 Å². The van der Waals surface area contributed by atoms with Crippen LogP contribution in [0.1, 0.15) is 26.3 Å². The predicted octanol–water partition coefficient (Wildman–Crippen LogP) is 4.56. The van der Waals surface area contributed by atoms with E-state index < -0.39 is 0 Å². The second-order valence-corrected chi connectivity index (χ2v) is 8.73. The molecule has 2 heterocycles. The maximum atomic E-state index is 12.3. The van der Waals surface area contributed by atoms with E-state index >= 15 is 0 Å². The molecule has 8 heteroatoms. The highest BCUT2D eigenvalue weighted by Crippen LogP contribution is 2.25.